The fraction of sp³-hybridized carbons (Fsp3) is 0.882. The molecule has 2 fully saturated rings. The molecule has 0 unspecified atom stereocenters. The molecule has 1 saturated heterocycles. The molecular formula is C17H28N4O2S. The molecule has 6 nitrogen and oxygen atoms in total. The molecular weight excluding hydrogens is 324 g/mol. The minimum Gasteiger partial charge on any atom is -0.315 e. The predicted octanol–water partition coefficient (Wildman–Crippen LogP) is 1.62. The van der Waals surface area contributed by atoms with Crippen molar-refractivity contribution in [2.75, 3.05) is 31.6 Å². The molecule has 2 aliphatic heterocycles. The lowest BCUT2D eigenvalue weighted by atomic mass is 9.94. The first-order valence-electron chi connectivity index (χ1n) is 9.26. The largest absolute Gasteiger partial charge is 0.315 e. The van der Waals surface area contributed by atoms with Gasteiger partial charge in [-0.05, 0) is 57.0 Å². The van der Waals surface area contributed by atoms with Gasteiger partial charge in [-0.15, -0.1) is 10.2 Å². The Labute approximate surface area is 144 Å². The Morgan fingerprint density at radius 1 is 1.12 bits per heavy atom. The second-order valence-electron chi connectivity index (χ2n) is 8.20. The summed E-state index contributed by atoms with van der Waals surface area (Å²) in [5.41, 5.74) is 0.0500. The summed E-state index contributed by atoms with van der Waals surface area (Å²) in [5.74, 6) is 3.24. The third-order valence-electron chi connectivity index (χ3n) is 5.93. The van der Waals surface area contributed by atoms with E-state index in [-0.39, 0.29) is 5.41 Å². The molecule has 1 aliphatic carbocycles. The molecule has 1 saturated carbocycles. The van der Waals surface area contributed by atoms with E-state index < -0.39 is 9.84 Å². The van der Waals surface area contributed by atoms with Crippen LogP contribution in [0.2, 0.25) is 0 Å². The Balaban J connectivity index is 1.35. The van der Waals surface area contributed by atoms with Gasteiger partial charge in [-0.2, -0.15) is 0 Å². The van der Waals surface area contributed by atoms with Crippen LogP contribution in [0, 0.1) is 5.41 Å². The first kappa shape index (κ1) is 16.5. The Morgan fingerprint density at radius 3 is 2.54 bits per heavy atom. The van der Waals surface area contributed by atoms with E-state index in [1.54, 1.807) is 0 Å². The molecule has 0 amide bonds. The standard InChI is InChI=1S/C17H28N4O2S/c1-24(22,23)13-17(7-8-17)12-20-10-5-14(6-11-20)16-19-18-15-4-2-3-9-21(15)16/h14H,2-13H2,1H3. The molecule has 7 heteroatoms. The van der Waals surface area contributed by atoms with Crippen molar-refractivity contribution < 1.29 is 8.42 Å². The van der Waals surface area contributed by atoms with Crippen molar-refractivity contribution in [2.24, 2.45) is 5.41 Å². The van der Waals surface area contributed by atoms with Crippen LogP contribution in [-0.4, -0.2) is 59.7 Å². The Morgan fingerprint density at radius 2 is 1.88 bits per heavy atom. The lowest BCUT2D eigenvalue weighted by molar-refractivity contribution is 0.177. The molecule has 0 radical (unpaired) electrons. The topological polar surface area (TPSA) is 68.1 Å². The summed E-state index contributed by atoms with van der Waals surface area (Å²) in [6.07, 6.45) is 9.28. The second kappa shape index (κ2) is 6.09. The molecule has 1 aromatic heterocycles. The second-order valence-corrected chi connectivity index (χ2v) is 10.3. The minimum atomic E-state index is -2.87. The molecule has 0 aromatic carbocycles. The van der Waals surface area contributed by atoms with Gasteiger partial charge in [-0.1, -0.05) is 0 Å². The zero-order valence-corrected chi connectivity index (χ0v) is 15.4. The van der Waals surface area contributed by atoms with Gasteiger partial charge in [-0.25, -0.2) is 8.42 Å². The summed E-state index contributed by atoms with van der Waals surface area (Å²) in [6, 6.07) is 0. The molecule has 0 N–H and O–H groups in total. The van der Waals surface area contributed by atoms with Crippen molar-refractivity contribution in [3.63, 3.8) is 0 Å². The van der Waals surface area contributed by atoms with Gasteiger partial charge in [0.1, 0.15) is 21.5 Å². The van der Waals surface area contributed by atoms with E-state index >= 15 is 0 Å². The molecule has 24 heavy (non-hydrogen) atoms. The summed E-state index contributed by atoms with van der Waals surface area (Å²) >= 11 is 0. The number of nitrogens with zero attached hydrogens (tertiary/aromatic N) is 4. The molecule has 0 spiro atoms. The van der Waals surface area contributed by atoms with E-state index in [1.807, 2.05) is 0 Å². The third-order valence-corrected chi connectivity index (χ3v) is 7.06. The van der Waals surface area contributed by atoms with Gasteiger partial charge in [-0.3, -0.25) is 0 Å². The summed E-state index contributed by atoms with van der Waals surface area (Å²) in [5, 5.41) is 8.89. The van der Waals surface area contributed by atoms with Gasteiger partial charge in [0.15, 0.2) is 0 Å². The predicted molar refractivity (Wildman–Crippen MR) is 92.8 cm³/mol. The minimum absolute atomic E-state index is 0.0500. The van der Waals surface area contributed by atoms with Gasteiger partial charge in [0.05, 0.1) is 5.75 Å². The van der Waals surface area contributed by atoms with Crippen LogP contribution in [0.15, 0.2) is 0 Å². The number of hydrogen-bond donors (Lipinski definition) is 0. The zero-order chi connectivity index (χ0) is 16.8. The summed E-state index contributed by atoms with van der Waals surface area (Å²) < 4.78 is 25.6. The smallest absolute Gasteiger partial charge is 0.148 e. The van der Waals surface area contributed by atoms with Crippen molar-refractivity contribution in [3.8, 4) is 0 Å². The van der Waals surface area contributed by atoms with Crippen LogP contribution >= 0.6 is 0 Å². The van der Waals surface area contributed by atoms with E-state index in [1.165, 1.54) is 30.7 Å². The number of aryl methyl sites for hydroxylation is 1. The maximum Gasteiger partial charge on any atom is 0.148 e. The SMILES string of the molecule is CS(=O)(=O)CC1(CN2CCC(c3nnc4n3CCCC4)CC2)CC1. The van der Waals surface area contributed by atoms with Crippen molar-refractivity contribution >= 4 is 9.84 Å². The Kier molecular flexibility index (Phi) is 4.19. The van der Waals surface area contributed by atoms with E-state index in [9.17, 15) is 8.42 Å². The average molecular weight is 353 g/mol. The van der Waals surface area contributed by atoms with Crippen molar-refractivity contribution in [3.05, 3.63) is 11.6 Å². The molecule has 134 valence electrons. The van der Waals surface area contributed by atoms with Crippen LogP contribution in [0.3, 0.4) is 0 Å². The lowest BCUT2D eigenvalue weighted by Crippen LogP contribution is -2.39. The molecule has 3 heterocycles. The quantitative estimate of drug-likeness (QED) is 0.805. The number of rotatable bonds is 5. The first-order chi connectivity index (χ1) is 11.4. The van der Waals surface area contributed by atoms with Crippen LogP contribution in [0.4, 0.5) is 0 Å². The van der Waals surface area contributed by atoms with Crippen LogP contribution in [0.25, 0.3) is 0 Å². The lowest BCUT2D eigenvalue weighted by Gasteiger charge is -2.34. The maximum absolute atomic E-state index is 11.6. The van der Waals surface area contributed by atoms with Gasteiger partial charge >= 0.3 is 0 Å². The zero-order valence-electron chi connectivity index (χ0n) is 14.6. The van der Waals surface area contributed by atoms with E-state index in [2.05, 4.69) is 19.7 Å². The van der Waals surface area contributed by atoms with Crippen LogP contribution in [0.5, 0.6) is 0 Å². The molecule has 0 bridgehead atoms. The molecule has 4 rings (SSSR count). The van der Waals surface area contributed by atoms with Crippen LogP contribution in [0.1, 0.15) is 56.1 Å². The van der Waals surface area contributed by atoms with Gasteiger partial charge in [0, 0.05) is 31.7 Å². The summed E-state index contributed by atoms with van der Waals surface area (Å²) in [4.78, 5) is 2.47. The highest BCUT2D eigenvalue weighted by atomic mass is 32.2. The highest BCUT2D eigenvalue weighted by Crippen LogP contribution is 2.47. The normalized spacial score (nSPS) is 24.7. The highest BCUT2D eigenvalue weighted by molar-refractivity contribution is 7.90. The van der Waals surface area contributed by atoms with Crippen LogP contribution < -0.4 is 0 Å². The Hall–Kier alpha value is -0.950. The number of fused-ring (bicyclic) bond motifs is 1. The summed E-state index contributed by atoms with van der Waals surface area (Å²) in [7, 11) is -2.87. The van der Waals surface area contributed by atoms with E-state index in [0.717, 1.165) is 58.3 Å². The van der Waals surface area contributed by atoms with E-state index in [4.69, 9.17) is 0 Å². The monoisotopic (exact) mass is 352 g/mol. The fourth-order valence-electron chi connectivity index (χ4n) is 4.54. The van der Waals surface area contributed by atoms with Gasteiger partial charge < -0.3 is 9.47 Å². The number of aromatic nitrogens is 3. The number of piperidine rings is 1. The van der Waals surface area contributed by atoms with Crippen molar-refractivity contribution in [2.45, 2.75) is 57.4 Å². The Bertz CT molecular complexity index is 700. The number of likely N-dealkylation sites (tertiary alicyclic amines) is 1. The summed E-state index contributed by atoms with van der Waals surface area (Å²) in [6.45, 7) is 4.14. The van der Waals surface area contributed by atoms with Gasteiger partial charge in [0.25, 0.3) is 0 Å². The molecule has 1 aromatic rings. The highest BCUT2D eigenvalue weighted by Gasteiger charge is 2.46. The van der Waals surface area contributed by atoms with Crippen LogP contribution in [-0.2, 0) is 22.8 Å². The first-order valence-corrected chi connectivity index (χ1v) is 11.3. The number of sulfone groups is 1. The average Bonchev–Trinajstić information content (AvgIpc) is 3.12. The number of hydrogen-bond acceptors (Lipinski definition) is 5. The van der Waals surface area contributed by atoms with E-state index in [0.29, 0.717) is 11.7 Å². The van der Waals surface area contributed by atoms with Gasteiger partial charge in [0.2, 0.25) is 0 Å². The van der Waals surface area contributed by atoms with Crippen molar-refractivity contribution in [1.82, 2.24) is 19.7 Å². The third kappa shape index (κ3) is 3.52. The van der Waals surface area contributed by atoms with Crippen molar-refractivity contribution in [1.29, 1.82) is 0 Å². The fourth-order valence-corrected chi connectivity index (χ4v) is 6.03. The molecule has 3 aliphatic rings. The molecule has 0 atom stereocenters. The maximum atomic E-state index is 11.6.